The van der Waals surface area contributed by atoms with Crippen molar-refractivity contribution in [1.82, 2.24) is 0 Å². The molecule has 7 rings (SSSR count). The van der Waals surface area contributed by atoms with Crippen molar-refractivity contribution in [1.29, 1.82) is 0 Å². The Balaban J connectivity index is 0.00000217. The zero-order chi connectivity index (χ0) is 21.8. The van der Waals surface area contributed by atoms with Gasteiger partial charge in [0.25, 0.3) is 0 Å². The molecule has 1 fully saturated rings. The predicted molar refractivity (Wildman–Crippen MR) is 136 cm³/mol. The number of fused-ring (bicyclic) bond motifs is 6. The van der Waals surface area contributed by atoms with Gasteiger partial charge in [-0.15, -0.1) is 0 Å². The Bertz CT molecular complexity index is 1310. The normalized spacial score (nSPS) is 21.1. The molecule has 0 nitrogen and oxygen atoms in total. The van der Waals surface area contributed by atoms with Crippen molar-refractivity contribution < 1.29 is 32.7 Å². The van der Waals surface area contributed by atoms with Crippen molar-refractivity contribution in [3.05, 3.63) is 143 Å². The summed E-state index contributed by atoms with van der Waals surface area (Å²) in [6.45, 7) is 0. The van der Waals surface area contributed by atoms with Crippen LogP contribution in [0.5, 0.6) is 0 Å². The van der Waals surface area contributed by atoms with Crippen molar-refractivity contribution in [2.45, 2.75) is 20.1 Å². The Morgan fingerprint density at radius 2 is 0.853 bits per heavy atom. The zero-order valence-electron chi connectivity index (χ0n) is 19.0. The van der Waals surface area contributed by atoms with E-state index in [0.29, 0.717) is 7.25 Å². The fourth-order valence-corrected chi connectivity index (χ4v) is 23.3. The maximum atomic E-state index is 2.55. The third-order valence-electron chi connectivity index (χ3n) is 8.15. The summed E-state index contributed by atoms with van der Waals surface area (Å²) in [4.78, 5) is 0. The quantitative estimate of drug-likeness (QED) is 0.365. The van der Waals surface area contributed by atoms with E-state index in [-0.39, 0.29) is 12.4 Å². The molecular weight excluding hydrogens is 511 g/mol. The van der Waals surface area contributed by atoms with Crippen molar-refractivity contribution in [3.8, 4) is 0 Å². The van der Waals surface area contributed by atoms with Gasteiger partial charge in [-0.2, -0.15) is 0 Å². The number of rotatable bonds is 2. The molecule has 4 aromatic carbocycles. The molecule has 4 aromatic rings. The average molecular weight is 537 g/mol. The van der Waals surface area contributed by atoms with E-state index in [4.69, 9.17) is 0 Å². The van der Waals surface area contributed by atoms with E-state index in [9.17, 15) is 0 Å². The summed E-state index contributed by atoms with van der Waals surface area (Å²) in [7, 11) is 0. The summed E-state index contributed by atoms with van der Waals surface area (Å²) in [5.74, 6) is 0. The molecule has 1 aliphatic heterocycles. The predicted octanol–water partition coefficient (Wildman–Crippen LogP) is 3.87. The molecule has 2 atom stereocenters. The van der Waals surface area contributed by atoms with Gasteiger partial charge >= 0.3 is 202 Å². The van der Waals surface area contributed by atoms with E-state index in [0.717, 1.165) is 0 Å². The van der Waals surface area contributed by atoms with Gasteiger partial charge in [0.2, 0.25) is 0 Å². The van der Waals surface area contributed by atoms with Crippen molar-refractivity contribution in [2.24, 2.45) is 0 Å². The Morgan fingerprint density at radius 1 is 0.471 bits per heavy atom. The van der Waals surface area contributed by atoms with E-state index in [2.05, 4.69) is 121 Å². The molecule has 0 saturated carbocycles. The Morgan fingerprint density at radius 3 is 1.29 bits per heavy atom. The minimum atomic E-state index is -3.50. The molecule has 34 heavy (non-hydrogen) atoms. The van der Waals surface area contributed by atoms with Gasteiger partial charge in [-0.05, 0) is 0 Å². The summed E-state index contributed by atoms with van der Waals surface area (Å²) >= 11 is -3.50. The van der Waals surface area contributed by atoms with Crippen LogP contribution >= 0.6 is 0 Å². The molecule has 2 aliphatic carbocycles. The molecule has 1 heterocycles. The number of benzene rings is 4. The molecule has 1 saturated heterocycles. The van der Waals surface area contributed by atoms with Crippen molar-refractivity contribution in [3.63, 3.8) is 0 Å². The molecule has 0 bridgehead atoms. The molecule has 3 aliphatic rings. The molecule has 2 heteroatoms. The summed E-state index contributed by atoms with van der Waals surface area (Å²) < 4.78 is 4.31. The van der Waals surface area contributed by atoms with Crippen LogP contribution in [-0.4, -0.2) is 0 Å². The van der Waals surface area contributed by atoms with Crippen molar-refractivity contribution >= 4 is 18.7 Å². The summed E-state index contributed by atoms with van der Waals surface area (Å²) in [5.41, 5.74) is 9.39. The second-order valence-electron chi connectivity index (χ2n) is 9.66. The van der Waals surface area contributed by atoms with E-state index in [1.165, 1.54) is 24.0 Å². The maximum Gasteiger partial charge on any atom is -1.00 e. The van der Waals surface area contributed by atoms with Crippen LogP contribution in [0.25, 0.3) is 12.2 Å². The van der Waals surface area contributed by atoms with E-state index in [1.54, 1.807) is 28.8 Å². The van der Waals surface area contributed by atoms with Gasteiger partial charge in [0.15, 0.2) is 0 Å². The second-order valence-corrected chi connectivity index (χ2v) is 19.6. The van der Waals surface area contributed by atoms with Crippen LogP contribution in [0.4, 0.5) is 0 Å². The SMILES string of the molecule is C1=C2CCC3=Cc4ccccc4[CH]3[Zr+]([c]3ccccc3)([c]3ccccc3)[CH]2c2ccccc21.[Cl-]. The van der Waals surface area contributed by atoms with E-state index >= 15 is 0 Å². The Hall–Kier alpha value is -2.47. The van der Waals surface area contributed by atoms with Crippen LogP contribution in [0.1, 0.15) is 42.3 Å². The van der Waals surface area contributed by atoms with Crippen LogP contribution in [-0.2, 0) is 20.3 Å². The number of halogens is 1. The first-order valence-corrected chi connectivity index (χ1v) is 17.4. The third kappa shape index (κ3) is 3.07. The maximum absolute atomic E-state index is 3.50. The van der Waals surface area contributed by atoms with Gasteiger partial charge in [0, 0.05) is 0 Å². The van der Waals surface area contributed by atoms with Crippen LogP contribution in [0.2, 0.25) is 0 Å². The first-order valence-electron chi connectivity index (χ1n) is 12.1. The molecule has 0 amide bonds. The van der Waals surface area contributed by atoms with Crippen LogP contribution < -0.4 is 18.9 Å². The minimum Gasteiger partial charge on any atom is -1.00 e. The number of hydrogen-bond donors (Lipinski definition) is 0. The first-order chi connectivity index (χ1) is 16.4. The number of hydrogen-bond acceptors (Lipinski definition) is 0. The van der Waals surface area contributed by atoms with Gasteiger partial charge < -0.3 is 12.4 Å². The van der Waals surface area contributed by atoms with E-state index in [1.807, 2.05) is 0 Å². The monoisotopic (exact) mass is 535 g/mol. The Labute approximate surface area is 212 Å². The average Bonchev–Trinajstić information content (AvgIpc) is 3.40. The standard InChI is InChI=1S/C20H16.2C6H5.ClH.Zr/c1-2-6-18-12-15(11-17(18)5-1)9-10-16-13-19-7-3-4-8-20(19)14-16;2*1-2-4-6-5-3-1;;/h1-8,11-14H,9-10H2;2*1-5H;1H;/q;;;;+1/p-1. The molecule has 2 unspecified atom stereocenters. The van der Waals surface area contributed by atoms with Gasteiger partial charge in [-0.1, -0.05) is 0 Å². The van der Waals surface area contributed by atoms with Gasteiger partial charge in [-0.3, -0.25) is 0 Å². The second kappa shape index (κ2) is 8.64. The van der Waals surface area contributed by atoms with Gasteiger partial charge in [0.05, 0.1) is 0 Å². The van der Waals surface area contributed by atoms with Gasteiger partial charge in [0.1, 0.15) is 0 Å². The molecule has 0 spiro atoms. The molecule has 0 aromatic heterocycles. The Kier molecular flexibility index (Phi) is 5.59. The fraction of sp³-hybridized carbons (Fsp3) is 0.125. The third-order valence-corrected chi connectivity index (χ3v) is 22.3. The molecule has 0 N–H and O–H groups in total. The van der Waals surface area contributed by atoms with Crippen molar-refractivity contribution in [2.75, 3.05) is 0 Å². The molecule has 0 radical (unpaired) electrons. The molecular formula is C32H26ClZr. The smallest absolute Gasteiger partial charge is 1.00 e. The molecule has 165 valence electrons. The largest absolute Gasteiger partial charge is 1.00 e. The first kappa shape index (κ1) is 22.0. The zero-order valence-corrected chi connectivity index (χ0v) is 22.2. The van der Waals surface area contributed by atoms with Crippen LogP contribution in [0.3, 0.4) is 0 Å². The minimum absolute atomic E-state index is 0. The van der Waals surface area contributed by atoms with E-state index < -0.39 is 20.3 Å². The number of allylic oxidation sites excluding steroid dienone is 2. The topological polar surface area (TPSA) is 0 Å². The van der Waals surface area contributed by atoms with Gasteiger partial charge in [-0.25, -0.2) is 0 Å². The fourth-order valence-electron chi connectivity index (χ4n) is 7.00. The summed E-state index contributed by atoms with van der Waals surface area (Å²) in [5, 5.41) is 0. The summed E-state index contributed by atoms with van der Waals surface area (Å²) in [6, 6.07) is 41.8. The summed E-state index contributed by atoms with van der Waals surface area (Å²) in [6.07, 6.45) is 7.44. The van der Waals surface area contributed by atoms with Crippen LogP contribution in [0, 0.1) is 0 Å². The van der Waals surface area contributed by atoms with Crippen LogP contribution in [0.15, 0.2) is 120 Å².